The Morgan fingerprint density at radius 3 is 2.75 bits per heavy atom. The Labute approximate surface area is 99.7 Å². The molecule has 3 N–H and O–H groups in total. The Morgan fingerprint density at radius 2 is 2.19 bits per heavy atom. The molecule has 0 atom stereocenters. The Bertz CT molecular complexity index is 371. The van der Waals surface area contributed by atoms with Crippen LogP contribution in [0, 0.1) is 5.82 Å². The van der Waals surface area contributed by atoms with Crippen LogP contribution in [-0.2, 0) is 13.2 Å². The second-order valence-corrected chi connectivity index (χ2v) is 3.71. The van der Waals surface area contributed by atoms with E-state index < -0.39 is 5.82 Å². The van der Waals surface area contributed by atoms with Gasteiger partial charge in [-0.25, -0.2) is 4.39 Å². The lowest BCUT2D eigenvalue weighted by atomic mass is 10.1. The molecule has 0 amide bonds. The highest BCUT2D eigenvalue weighted by Gasteiger charge is 2.02. The first kappa shape index (κ1) is 12.9. The molecule has 16 heavy (non-hydrogen) atoms. The molecule has 1 rings (SSSR count). The van der Waals surface area contributed by atoms with E-state index in [1.165, 1.54) is 6.07 Å². The minimum atomic E-state index is -0.392. The summed E-state index contributed by atoms with van der Waals surface area (Å²) in [6, 6.07) is 4.73. The summed E-state index contributed by atoms with van der Waals surface area (Å²) in [7, 11) is 0. The summed E-state index contributed by atoms with van der Waals surface area (Å²) in [5.41, 5.74) is 1.09. The van der Waals surface area contributed by atoms with Crippen molar-refractivity contribution in [3.63, 3.8) is 0 Å². The molecule has 1 aromatic rings. The van der Waals surface area contributed by atoms with Gasteiger partial charge in [-0.05, 0) is 30.8 Å². The summed E-state index contributed by atoms with van der Waals surface area (Å²) in [4.78, 5) is 0. The lowest BCUT2D eigenvalue weighted by Crippen LogP contribution is -2.34. The molecule has 0 aliphatic rings. The summed E-state index contributed by atoms with van der Waals surface area (Å²) in [5, 5.41) is 15.3. The van der Waals surface area contributed by atoms with Crippen molar-refractivity contribution < 1.29 is 9.50 Å². The zero-order valence-electron chi connectivity index (χ0n) is 9.09. The molecule has 1 aromatic carbocycles. The molecule has 88 valence electrons. The summed E-state index contributed by atoms with van der Waals surface area (Å²) < 4.78 is 13.3. The van der Waals surface area contributed by atoms with E-state index in [2.05, 4.69) is 10.6 Å². The minimum Gasteiger partial charge on any atom is -0.392 e. The molecule has 0 aliphatic heterocycles. The lowest BCUT2D eigenvalue weighted by molar-refractivity contribution is 0.275. The highest BCUT2D eigenvalue weighted by Crippen LogP contribution is 2.10. The van der Waals surface area contributed by atoms with Crippen molar-refractivity contribution in [1.82, 2.24) is 10.6 Å². The maximum absolute atomic E-state index is 13.3. The molecule has 0 saturated carbocycles. The SMILES string of the molecule is CCNC(=S)NCc1ccc(CO)c(F)c1. The average Bonchev–Trinajstić information content (AvgIpc) is 2.27. The van der Waals surface area contributed by atoms with Crippen LogP contribution in [0.5, 0.6) is 0 Å². The fraction of sp³-hybridized carbons (Fsp3) is 0.364. The normalized spacial score (nSPS) is 9.94. The van der Waals surface area contributed by atoms with Crippen molar-refractivity contribution in [2.75, 3.05) is 6.54 Å². The van der Waals surface area contributed by atoms with Crippen molar-refractivity contribution >= 4 is 17.3 Å². The van der Waals surface area contributed by atoms with Crippen LogP contribution < -0.4 is 10.6 Å². The largest absolute Gasteiger partial charge is 0.392 e. The molecule has 0 radical (unpaired) electrons. The van der Waals surface area contributed by atoms with E-state index in [1.807, 2.05) is 6.92 Å². The summed E-state index contributed by atoms with van der Waals surface area (Å²) in [5.74, 6) is -0.392. The number of nitrogens with one attached hydrogen (secondary N) is 2. The van der Waals surface area contributed by atoms with Gasteiger partial charge >= 0.3 is 0 Å². The third kappa shape index (κ3) is 3.75. The van der Waals surface area contributed by atoms with E-state index in [9.17, 15) is 4.39 Å². The van der Waals surface area contributed by atoms with E-state index >= 15 is 0 Å². The van der Waals surface area contributed by atoms with Gasteiger partial charge in [-0.1, -0.05) is 12.1 Å². The fourth-order valence-corrected chi connectivity index (χ4v) is 1.45. The molecule has 0 unspecified atom stereocenters. The van der Waals surface area contributed by atoms with Crippen LogP contribution >= 0.6 is 12.2 Å². The predicted molar refractivity (Wildman–Crippen MR) is 65.4 cm³/mol. The maximum atomic E-state index is 13.3. The third-order valence-electron chi connectivity index (χ3n) is 2.08. The van der Waals surface area contributed by atoms with Crippen molar-refractivity contribution in [2.45, 2.75) is 20.1 Å². The standard InChI is InChI=1S/C11H15FN2OS/c1-2-13-11(16)14-6-8-3-4-9(7-15)10(12)5-8/h3-5,15H,2,6-7H2,1H3,(H2,13,14,16). The smallest absolute Gasteiger partial charge is 0.166 e. The highest BCUT2D eigenvalue weighted by molar-refractivity contribution is 7.80. The molecule has 0 aromatic heterocycles. The third-order valence-corrected chi connectivity index (χ3v) is 2.37. The van der Waals surface area contributed by atoms with Crippen LogP contribution in [0.2, 0.25) is 0 Å². The van der Waals surface area contributed by atoms with E-state index in [1.54, 1.807) is 12.1 Å². The molecular weight excluding hydrogens is 227 g/mol. The van der Waals surface area contributed by atoms with Crippen LogP contribution in [0.1, 0.15) is 18.1 Å². The van der Waals surface area contributed by atoms with Gasteiger partial charge < -0.3 is 15.7 Å². The van der Waals surface area contributed by atoms with Gasteiger partial charge in [-0.15, -0.1) is 0 Å². The number of rotatable bonds is 4. The van der Waals surface area contributed by atoms with Crippen LogP contribution in [0.15, 0.2) is 18.2 Å². The van der Waals surface area contributed by atoms with Crippen molar-refractivity contribution in [2.24, 2.45) is 0 Å². The van der Waals surface area contributed by atoms with E-state index in [0.717, 1.165) is 12.1 Å². The number of benzene rings is 1. The van der Waals surface area contributed by atoms with Crippen molar-refractivity contribution in [1.29, 1.82) is 0 Å². The quantitative estimate of drug-likeness (QED) is 0.696. The van der Waals surface area contributed by atoms with Crippen LogP contribution in [0.3, 0.4) is 0 Å². The molecular formula is C11H15FN2OS. The Hall–Kier alpha value is -1.20. The van der Waals surface area contributed by atoms with Gasteiger partial charge in [0.05, 0.1) is 6.61 Å². The first-order valence-corrected chi connectivity index (χ1v) is 5.48. The molecule has 0 bridgehead atoms. The van der Waals surface area contributed by atoms with Gasteiger partial charge in [0, 0.05) is 18.7 Å². The number of aliphatic hydroxyl groups is 1. The molecule has 0 saturated heterocycles. The molecule has 0 spiro atoms. The highest BCUT2D eigenvalue weighted by atomic mass is 32.1. The van der Waals surface area contributed by atoms with Crippen molar-refractivity contribution in [3.8, 4) is 0 Å². The van der Waals surface area contributed by atoms with E-state index in [0.29, 0.717) is 17.2 Å². The molecule has 0 heterocycles. The fourth-order valence-electron chi connectivity index (χ4n) is 1.23. The average molecular weight is 242 g/mol. The first-order valence-electron chi connectivity index (χ1n) is 5.07. The zero-order chi connectivity index (χ0) is 12.0. The topological polar surface area (TPSA) is 44.3 Å². The van der Waals surface area contributed by atoms with Gasteiger partial charge in [-0.3, -0.25) is 0 Å². The van der Waals surface area contributed by atoms with Gasteiger partial charge in [-0.2, -0.15) is 0 Å². The van der Waals surface area contributed by atoms with Crippen molar-refractivity contribution in [3.05, 3.63) is 35.1 Å². The molecule has 3 nitrogen and oxygen atoms in total. The summed E-state index contributed by atoms with van der Waals surface area (Å²) in [6.45, 7) is 2.89. The first-order chi connectivity index (χ1) is 7.67. The maximum Gasteiger partial charge on any atom is 0.166 e. The van der Waals surface area contributed by atoms with Crippen LogP contribution in [-0.4, -0.2) is 16.8 Å². The Balaban J connectivity index is 2.55. The van der Waals surface area contributed by atoms with E-state index in [-0.39, 0.29) is 6.61 Å². The molecule has 5 heteroatoms. The Morgan fingerprint density at radius 1 is 1.44 bits per heavy atom. The number of hydrogen-bond acceptors (Lipinski definition) is 2. The number of aliphatic hydroxyl groups excluding tert-OH is 1. The summed E-state index contributed by atoms with van der Waals surface area (Å²) in [6.07, 6.45) is 0. The van der Waals surface area contributed by atoms with Gasteiger partial charge in [0.25, 0.3) is 0 Å². The van der Waals surface area contributed by atoms with Gasteiger partial charge in [0.1, 0.15) is 5.82 Å². The molecule has 0 fully saturated rings. The zero-order valence-corrected chi connectivity index (χ0v) is 9.90. The van der Waals surface area contributed by atoms with E-state index in [4.69, 9.17) is 17.3 Å². The number of thiocarbonyl (C=S) groups is 1. The number of hydrogen-bond donors (Lipinski definition) is 3. The van der Waals surface area contributed by atoms with Gasteiger partial charge in [0.2, 0.25) is 0 Å². The summed E-state index contributed by atoms with van der Waals surface area (Å²) >= 11 is 4.98. The number of halogens is 1. The predicted octanol–water partition coefficient (Wildman–Crippen LogP) is 1.30. The van der Waals surface area contributed by atoms with Crippen LogP contribution in [0.4, 0.5) is 4.39 Å². The van der Waals surface area contributed by atoms with Gasteiger partial charge in [0.15, 0.2) is 5.11 Å². The molecule has 0 aliphatic carbocycles. The Kier molecular flexibility index (Phi) is 5.14. The lowest BCUT2D eigenvalue weighted by Gasteiger charge is -2.09. The second kappa shape index (κ2) is 6.40. The van der Waals surface area contributed by atoms with Crippen LogP contribution in [0.25, 0.3) is 0 Å². The minimum absolute atomic E-state index is 0.282. The monoisotopic (exact) mass is 242 g/mol. The second-order valence-electron chi connectivity index (χ2n) is 3.30.